The first-order valence-electron chi connectivity index (χ1n) is 7.22. The van der Waals surface area contributed by atoms with Gasteiger partial charge >= 0.3 is 0 Å². The number of fused-ring (bicyclic) bond motifs is 1. The fourth-order valence-electron chi connectivity index (χ4n) is 3.68. The van der Waals surface area contributed by atoms with Crippen molar-refractivity contribution < 1.29 is 9.53 Å². The number of hydrogen-bond donors (Lipinski definition) is 0. The molecule has 0 saturated carbocycles. The minimum atomic E-state index is -0.0139. The Hall–Kier alpha value is -1.22. The highest BCUT2D eigenvalue weighted by Crippen LogP contribution is 2.40. The Bertz CT molecular complexity index is 499. The predicted molar refractivity (Wildman–Crippen MR) is 73.0 cm³/mol. The van der Waals surface area contributed by atoms with Crippen LogP contribution >= 0.6 is 0 Å². The summed E-state index contributed by atoms with van der Waals surface area (Å²) in [5, 5.41) is 0. The average Bonchev–Trinajstić information content (AvgIpc) is 2.91. The summed E-state index contributed by atoms with van der Waals surface area (Å²) in [5.74, 6) is 0.644. The molecule has 5 atom stereocenters. The van der Waals surface area contributed by atoms with Gasteiger partial charge in [-0.3, -0.25) is 9.78 Å². The van der Waals surface area contributed by atoms with E-state index in [1.165, 1.54) is 5.56 Å². The third kappa shape index (κ3) is 2.00. The number of aryl methyl sites for hydroxylation is 1. The molecule has 0 radical (unpaired) electrons. The van der Waals surface area contributed by atoms with Gasteiger partial charge in [0.15, 0.2) is 0 Å². The minimum absolute atomic E-state index is 0.0139. The van der Waals surface area contributed by atoms with E-state index in [9.17, 15) is 4.79 Å². The monoisotopic (exact) mass is 259 g/mol. The van der Waals surface area contributed by atoms with E-state index in [0.29, 0.717) is 11.7 Å². The molecule has 1 aromatic rings. The number of ketones is 1. The second kappa shape index (κ2) is 4.71. The highest BCUT2D eigenvalue weighted by molar-refractivity contribution is 5.89. The van der Waals surface area contributed by atoms with Crippen molar-refractivity contribution in [2.75, 3.05) is 0 Å². The molecule has 2 aliphatic rings. The van der Waals surface area contributed by atoms with Gasteiger partial charge in [0.2, 0.25) is 0 Å². The molecule has 0 N–H and O–H groups in total. The standard InChI is InChI=1S/C16H21NO2/c1-9-10(2)19-11(3)14(9)16(18)13-7-6-12-5-4-8-17-15(12)13/h4-5,8-11,13-14H,6-7H2,1-3H3. The maximum atomic E-state index is 12.9. The molecule has 1 aliphatic carbocycles. The molecule has 1 fully saturated rings. The van der Waals surface area contributed by atoms with Crippen molar-refractivity contribution >= 4 is 5.78 Å². The lowest BCUT2D eigenvalue weighted by Crippen LogP contribution is -2.30. The number of nitrogens with zero attached hydrogens (tertiary/aromatic N) is 1. The maximum Gasteiger partial charge on any atom is 0.147 e. The van der Waals surface area contributed by atoms with Gasteiger partial charge in [0, 0.05) is 12.1 Å². The SMILES string of the molecule is CC1OC(C)C(C(=O)C2CCc3cccnc32)C1C. The normalized spacial score (nSPS) is 37.3. The summed E-state index contributed by atoms with van der Waals surface area (Å²) in [6.45, 7) is 6.22. The number of ether oxygens (including phenoxy) is 1. The number of aromatic nitrogens is 1. The van der Waals surface area contributed by atoms with Crippen LogP contribution < -0.4 is 0 Å². The van der Waals surface area contributed by atoms with Gasteiger partial charge in [-0.2, -0.15) is 0 Å². The quantitative estimate of drug-likeness (QED) is 0.819. The van der Waals surface area contributed by atoms with Crippen LogP contribution in [0.3, 0.4) is 0 Å². The predicted octanol–water partition coefficient (Wildman–Crippen LogP) is 2.74. The zero-order chi connectivity index (χ0) is 13.6. The Morgan fingerprint density at radius 2 is 2.11 bits per heavy atom. The molecule has 2 heterocycles. The molecule has 102 valence electrons. The van der Waals surface area contributed by atoms with Gasteiger partial charge in [-0.25, -0.2) is 0 Å². The third-order valence-electron chi connectivity index (χ3n) is 4.87. The van der Waals surface area contributed by atoms with Crippen molar-refractivity contribution in [1.82, 2.24) is 4.98 Å². The lowest BCUT2D eigenvalue weighted by atomic mass is 9.80. The Morgan fingerprint density at radius 1 is 1.32 bits per heavy atom. The van der Waals surface area contributed by atoms with Gasteiger partial charge < -0.3 is 4.74 Å². The first-order valence-corrected chi connectivity index (χ1v) is 7.22. The van der Waals surface area contributed by atoms with Crippen molar-refractivity contribution in [2.24, 2.45) is 11.8 Å². The van der Waals surface area contributed by atoms with E-state index in [1.54, 1.807) is 6.20 Å². The number of pyridine rings is 1. The molecule has 5 unspecified atom stereocenters. The van der Waals surface area contributed by atoms with Gasteiger partial charge in [0.1, 0.15) is 5.78 Å². The third-order valence-corrected chi connectivity index (χ3v) is 4.87. The van der Waals surface area contributed by atoms with Crippen LogP contribution in [-0.4, -0.2) is 23.0 Å². The van der Waals surface area contributed by atoms with E-state index in [1.807, 2.05) is 13.0 Å². The van der Waals surface area contributed by atoms with Gasteiger partial charge in [0.05, 0.1) is 23.8 Å². The molecule has 3 nitrogen and oxygen atoms in total. The van der Waals surface area contributed by atoms with E-state index in [2.05, 4.69) is 24.9 Å². The number of carbonyl (C=O) groups excluding carboxylic acids is 1. The Labute approximate surface area is 114 Å². The Kier molecular flexibility index (Phi) is 3.17. The smallest absolute Gasteiger partial charge is 0.147 e. The number of hydrogen-bond acceptors (Lipinski definition) is 3. The van der Waals surface area contributed by atoms with Gasteiger partial charge in [0.25, 0.3) is 0 Å². The summed E-state index contributed by atoms with van der Waals surface area (Å²) in [6, 6.07) is 4.05. The van der Waals surface area contributed by atoms with E-state index in [4.69, 9.17) is 4.74 Å². The summed E-state index contributed by atoms with van der Waals surface area (Å²) < 4.78 is 5.81. The Balaban J connectivity index is 1.86. The van der Waals surface area contributed by atoms with Crippen molar-refractivity contribution in [3.8, 4) is 0 Å². The first-order chi connectivity index (χ1) is 9.09. The van der Waals surface area contributed by atoms with Gasteiger partial charge in [-0.15, -0.1) is 0 Å². The van der Waals surface area contributed by atoms with Gasteiger partial charge in [-0.1, -0.05) is 13.0 Å². The highest BCUT2D eigenvalue weighted by Gasteiger charge is 2.45. The van der Waals surface area contributed by atoms with E-state index in [-0.39, 0.29) is 24.0 Å². The van der Waals surface area contributed by atoms with Crippen LogP contribution in [0.15, 0.2) is 18.3 Å². The van der Waals surface area contributed by atoms with Crippen LogP contribution in [0.5, 0.6) is 0 Å². The number of carbonyl (C=O) groups is 1. The average molecular weight is 259 g/mol. The van der Waals surface area contributed by atoms with Crippen LogP contribution in [-0.2, 0) is 16.0 Å². The largest absolute Gasteiger partial charge is 0.375 e. The van der Waals surface area contributed by atoms with E-state index < -0.39 is 0 Å². The molecule has 0 spiro atoms. The lowest BCUT2D eigenvalue weighted by Gasteiger charge is -2.21. The zero-order valence-corrected chi connectivity index (χ0v) is 11.8. The molecular weight excluding hydrogens is 238 g/mol. The highest BCUT2D eigenvalue weighted by atomic mass is 16.5. The molecule has 1 aromatic heterocycles. The van der Waals surface area contributed by atoms with Crippen LogP contribution in [0.25, 0.3) is 0 Å². The minimum Gasteiger partial charge on any atom is -0.375 e. The molecule has 19 heavy (non-hydrogen) atoms. The number of Topliss-reactive ketones (excluding diaryl/α,β-unsaturated/α-hetero) is 1. The fourth-order valence-corrected chi connectivity index (χ4v) is 3.68. The molecular formula is C16H21NO2. The zero-order valence-electron chi connectivity index (χ0n) is 11.8. The molecule has 0 amide bonds. The van der Waals surface area contributed by atoms with Crippen molar-refractivity contribution in [3.05, 3.63) is 29.6 Å². The van der Waals surface area contributed by atoms with E-state index >= 15 is 0 Å². The molecule has 1 aliphatic heterocycles. The Morgan fingerprint density at radius 3 is 2.79 bits per heavy atom. The van der Waals surface area contributed by atoms with Crippen LogP contribution in [0.1, 0.15) is 44.4 Å². The lowest BCUT2D eigenvalue weighted by molar-refractivity contribution is -0.126. The topological polar surface area (TPSA) is 39.2 Å². The van der Waals surface area contributed by atoms with Crippen LogP contribution in [0.2, 0.25) is 0 Å². The second-order valence-electron chi connectivity index (χ2n) is 5.97. The van der Waals surface area contributed by atoms with Crippen LogP contribution in [0.4, 0.5) is 0 Å². The molecule has 1 saturated heterocycles. The summed E-state index contributed by atoms with van der Waals surface area (Å²) in [5.41, 5.74) is 2.25. The molecule has 0 bridgehead atoms. The molecule has 0 aromatic carbocycles. The number of rotatable bonds is 2. The summed E-state index contributed by atoms with van der Waals surface area (Å²) >= 11 is 0. The summed E-state index contributed by atoms with van der Waals surface area (Å²) in [6.07, 6.45) is 3.89. The van der Waals surface area contributed by atoms with Crippen molar-refractivity contribution in [3.63, 3.8) is 0 Å². The van der Waals surface area contributed by atoms with Gasteiger partial charge in [-0.05, 0) is 44.2 Å². The molecule has 3 heteroatoms. The summed E-state index contributed by atoms with van der Waals surface area (Å²) in [7, 11) is 0. The maximum absolute atomic E-state index is 12.9. The van der Waals surface area contributed by atoms with Crippen LogP contribution in [0, 0.1) is 11.8 Å². The van der Waals surface area contributed by atoms with Crippen molar-refractivity contribution in [2.45, 2.75) is 51.7 Å². The fraction of sp³-hybridized carbons (Fsp3) is 0.625. The van der Waals surface area contributed by atoms with E-state index in [0.717, 1.165) is 18.5 Å². The summed E-state index contributed by atoms with van der Waals surface area (Å²) in [4.78, 5) is 17.3. The molecule has 3 rings (SSSR count). The first kappa shape index (κ1) is 12.8. The van der Waals surface area contributed by atoms with Crippen molar-refractivity contribution in [1.29, 1.82) is 0 Å². The second-order valence-corrected chi connectivity index (χ2v) is 5.97.